The molecule has 43 heavy (non-hydrogen) atoms. The monoisotopic (exact) mass is 609 g/mol. The zero-order valence-corrected chi connectivity index (χ0v) is 27.0. The zero-order valence-electron chi connectivity index (χ0n) is 26.3. The van der Waals surface area contributed by atoms with Crippen LogP contribution in [0.5, 0.6) is 5.75 Å². The van der Waals surface area contributed by atoms with E-state index in [1.165, 1.54) is 5.56 Å². The Hall–Kier alpha value is -3.20. The molecule has 2 heterocycles. The van der Waals surface area contributed by atoms with Crippen LogP contribution in [0.3, 0.4) is 0 Å². The van der Waals surface area contributed by atoms with Gasteiger partial charge in [-0.1, -0.05) is 57.0 Å². The van der Waals surface area contributed by atoms with E-state index >= 15 is 0 Å². The third-order valence-corrected chi connectivity index (χ3v) is 8.13. The summed E-state index contributed by atoms with van der Waals surface area (Å²) < 4.78 is 11.4. The molecule has 0 amide bonds. The number of likely N-dealkylation sites (tertiary alicyclic amines) is 1. The van der Waals surface area contributed by atoms with Crippen LogP contribution in [0, 0.1) is 24.7 Å². The molecule has 234 valence electrons. The van der Waals surface area contributed by atoms with Crippen molar-refractivity contribution in [3.8, 4) is 5.75 Å². The molecule has 8 nitrogen and oxygen atoms in total. The number of nitrogens with zero attached hydrogens (tertiary/aromatic N) is 2. The third-order valence-electron chi connectivity index (χ3n) is 7.83. The predicted octanol–water partition coefficient (Wildman–Crippen LogP) is 6.71. The number of H-pyrrole nitrogens is 1. The second kappa shape index (κ2) is 15.0. The number of nitrogens with two attached hydrogens (primary N) is 2. The van der Waals surface area contributed by atoms with E-state index in [-0.39, 0.29) is 5.92 Å². The number of esters is 1. The maximum Gasteiger partial charge on any atom is 0.355 e. The van der Waals surface area contributed by atoms with Crippen LogP contribution in [0.15, 0.2) is 42.6 Å². The van der Waals surface area contributed by atoms with Crippen LogP contribution in [0.25, 0.3) is 16.6 Å². The number of hydrazine groups is 1. The van der Waals surface area contributed by atoms with E-state index in [1.807, 2.05) is 51.1 Å². The number of carbonyl (C=O) groups is 1. The van der Waals surface area contributed by atoms with E-state index in [0.717, 1.165) is 61.1 Å². The Balaban J connectivity index is 1.35. The summed E-state index contributed by atoms with van der Waals surface area (Å²) in [5.74, 6) is 8.06. The first-order valence-corrected chi connectivity index (χ1v) is 15.8. The summed E-state index contributed by atoms with van der Waals surface area (Å²) in [6.07, 6.45) is 4.81. The molecular formula is C34H48ClN5O3. The van der Waals surface area contributed by atoms with Gasteiger partial charge in [0, 0.05) is 35.8 Å². The van der Waals surface area contributed by atoms with E-state index in [9.17, 15) is 4.79 Å². The van der Waals surface area contributed by atoms with Gasteiger partial charge in [0.05, 0.1) is 23.9 Å². The van der Waals surface area contributed by atoms with Gasteiger partial charge in [-0.3, -0.25) is 4.90 Å². The van der Waals surface area contributed by atoms with Crippen molar-refractivity contribution >= 4 is 34.2 Å². The number of hydrogen-bond acceptors (Lipinski definition) is 7. The number of fused-ring (bicyclic) bond motifs is 1. The fraction of sp³-hybridized carbons (Fsp3) is 0.500. The van der Waals surface area contributed by atoms with E-state index in [0.29, 0.717) is 53.6 Å². The quantitative estimate of drug-likeness (QED) is 0.112. The Morgan fingerprint density at radius 3 is 2.56 bits per heavy atom. The maximum absolute atomic E-state index is 13.0. The molecule has 4 rings (SSSR count). The minimum Gasteiger partial charge on any atom is -0.492 e. The molecule has 5 N–H and O–H groups in total. The summed E-state index contributed by atoms with van der Waals surface area (Å²) >= 11 is 6.51. The van der Waals surface area contributed by atoms with Gasteiger partial charge in [0.2, 0.25) is 0 Å². The number of carbonyl (C=O) groups excluding carboxylic acids is 1. The lowest BCUT2D eigenvalue weighted by Crippen LogP contribution is -2.39. The smallest absolute Gasteiger partial charge is 0.355 e. The number of aromatic nitrogens is 1. The second-order valence-electron chi connectivity index (χ2n) is 12.7. The molecule has 1 aliphatic heterocycles. The van der Waals surface area contributed by atoms with Crippen molar-refractivity contribution in [1.82, 2.24) is 14.9 Å². The molecule has 3 aromatic rings. The number of benzene rings is 2. The van der Waals surface area contributed by atoms with Crippen LogP contribution in [-0.4, -0.2) is 53.7 Å². The van der Waals surface area contributed by atoms with Crippen molar-refractivity contribution in [3.05, 3.63) is 70.0 Å². The number of aromatic amines is 1. The molecule has 0 saturated carbocycles. The summed E-state index contributed by atoms with van der Waals surface area (Å²) in [6, 6.07) is 12.1. The lowest BCUT2D eigenvalue weighted by molar-refractivity contribution is 0.0452. The lowest BCUT2D eigenvalue weighted by atomic mass is 9.96. The largest absolute Gasteiger partial charge is 0.492 e. The van der Waals surface area contributed by atoms with Gasteiger partial charge in [-0.25, -0.2) is 10.6 Å². The molecule has 1 saturated heterocycles. The van der Waals surface area contributed by atoms with E-state index in [2.05, 4.69) is 29.8 Å². The summed E-state index contributed by atoms with van der Waals surface area (Å²) in [7, 11) is 0. The van der Waals surface area contributed by atoms with Crippen LogP contribution in [0.4, 0.5) is 0 Å². The Labute approximate surface area is 261 Å². The highest BCUT2D eigenvalue weighted by Gasteiger charge is 2.24. The first-order chi connectivity index (χ1) is 20.5. The molecule has 0 radical (unpaired) electrons. The van der Waals surface area contributed by atoms with Crippen LogP contribution in [0.1, 0.15) is 74.1 Å². The van der Waals surface area contributed by atoms with Crippen LogP contribution in [0.2, 0.25) is 5.02 Å². The molecule has 9 heteroatoms. The highest BCUT2D eigenvalue weighted by molar-refractivity contribution is 6.32. The molecular weight excluding hydrogens is 562 g/mol. The van der Waals surface area contributed by atoms with Gasteiger partial charge in [-0.2, -0.15) is 0 Å². The topological polar surface area (TPSA) is 110 Å². The summed E-state index contributed by atoms with van der Waals surface area (Å²) in [6.45, 7) is 14.9. The zero-order chi connectivity index (χ0) is 31.1. The Bertz CT molecular complexity index is 1410. The summed E-state index contributed by atoms with van der Waals surface area (Å²) in [5.41, 5.74) is 11.1. The molecule has 0 unspecified atom stereocenters. The second-order valence-corrected chi connectivity index (χ2v) is 13.1. The number of aryl methyl sites for hydroxylation is 1. The van der Waals surface area contributed by atoms with Gasteiger partial charge in [0.1, 0.15) is 11.4 Å². The van der Waals surface area contributed by atoms with Crippen molar-refractivity contribution in [2.24, 2.45) is 29.3 Å². The van der Waals surface area contributed by atoms with Crippen molar-refractivity contribution in [1.29, 1.82) is 0 Å². The number of ether oxygens (including phenoxy) is 2. The first-order valence-electron chi connectivity index (χ1n) is 15.4. The Morgan fingerprint density at radius 1 is 1.14 bits per heavy atom. The van der Waals surface area contributed by atoms with Crippen molar-refractivity contribution < 1.29 is 14.3 Å². The standard InChI is InChI=1S/C34H48ClN5O3/c1-22(2)12-15-42-31-9-7-26(17-28(31)35)18-39-13-10-25(11-14-39)19-40(37)20-29(36)32-27-16-24(5)6-8-30(27)38-33(32)34(41)43-21-23(3)4/h6-9,16-17,20,22-23,25,38H,10-15,18-19,21,36-37H2,1-5H3/b29-20-. The van der Waals surface area contributed by atoms with Crippen molar-refractivity contribution in [3.63, 3.8) is 0 Å². The van der Waals surface area contributed by atoms with Gasteiger partial charge in [-0.05, 0) is 86.9 Å². The molecule has 0 spiro atoms. The number of hydrogen-bond donors (Lipinski definition) is 3. The maximum atomic E-state index is 13.0. The average molecular weight is 610 g/mol. The summed E-state index contributed by atoms with van der Waals surface area (Å²) in [5, 5.41) is 3.20. The molecule has 1 aromatic heterocycles. The van der Waals surface area contributed by atoms with E-state index in [4.69, 9.17) is 32.7 Å². The summed E-state index contributed by atoms with van der Waals surface area (Å²) in [4.78, 5) is 18.7. The fourth-order valence-corrected chi connectivity index (χ4v) is 5.67. The first kappa shape index (κ1) is 32.7. The van der Waals surface area contributed by atoms with Crippen molar-refractivity contribution in [2.45, 2.75) is 60.4 Å². The third kappa shape index (κ3) is 9.15. The normalized spacial score (nSPS) is 15.0. The van der Waals surface area contributed by atoms with E-state index < -0.39 is 5.97 Å². The van der Waals surface area contributed by atoms with Crippen LogP contribution < -0.4 is 16.3 Å². The van der Waals surface area contributed by atoms with Crippen LogP contribution in [-0.2, 0) is 11.3 Å². The number of rotatable bonds is 13. The number of halogens is 1. The SMILES string of the molecule is Cc1ccc2[nH]c(C(=O)OCC(C)C)c(/C(N)=C/N(N)CC3CCN(Cc4ccc(OCCC(C)C)c(Cl)c4)CC3)c2c1. The molecule has 1 aliphatic rings. The van der Waals surface area contributed by atoms with Gasteiger partial charge in [-0.15, -0.1) is 0 Å². The minimum absolute atomic E-state index is 0.232. The molecule has 2 aromatic carbocycles. The van der Waals surface area contributed by atoms with Crippen molar-refractivity contribution in [2.75, 3.05) is 32.8 Å². The Morgan fingerprint density at radius 2 is 1.88 bits per heavy atom. The highest BCUT2D eigenvalue weighted by Crippen LogP contribution is 2.30. The predicted molar refractivity (Wildman–Crippen MR) is 176 cm³/mol. The highest BCUT2D eigenvalue weighted by atomic mass is 35.5. The lowest BCUT2D eigenvalue weighted by Gasteiger charge is -2.33. The molecule has 0 bridgehead atoms. The fourth-order valence-electron chi connectivity index (χ4n) is 5.42. The van der Waals surface area contributed by atoms with E-state index in [1.54, 1.807) is 11.2 Å². The van der Waals surface area contributed by atoms with Gasteiger partial charge in [0.25, 0.3) is 0 Å². The molecule has 0 atom stereocenters. The Kier molecular flexibility index (Phi) is 11.4. The molecule has 0 aliphatic carbocycles. The van der Waals surface area contributed by atoms with Crippen LogP contribution >= 0.6 is 11.6 Å². The molecule has 1 fully saturated rings. The number of piperidine rings is 1. The average Bonchev–Trinajstić information content (AvgIpc) is 3.32. The van der Waals surface area contributed by atoms with Gasteiger partial charge < -0.3 is 25.2 Å². The van der Waals surface area contributed by atoms with Gasteiger partial charge >= 0.3 is 5.97 Å². The minimum atomic E-state index is -0.417. The van der Waals surface area contributed by atoms with Gasteiger partial charge in [0.15, 0.2) is 0 Å². The number of nitrogens with one attached hydrogen (secondary N) is 1.